The first kappa shape index (κ1) is 15.2. The lowest BCUT2D eigenvalue weighted by Gasteiger charge is -2.23. The van der Waals surface area contributed by atoms with Crippen molar-refractivity contribution in [1.82, 2.24) is 5.32 Å². The Bertz CT molecular complexity index is 295. The Morgan fingerprint density at radius 3 is 2.83 bits per heavy atom. The minimum Gasteiger partial charge on any atom is -0.356 e. The summed E-state index contributed by atoms with van der Waals surface area (Å²) in [5.74, 6) is 0.179. The molecule has 1 rings (SSSR count). The molecule has 0 unspecified atom stereocenters. The van der Waals surface area contributed by atoms with E-state index in [4.69, 9.17) is 5.73 Å². The summed E-state index contributed by atoms with van der Waals surface area (Å²) in [6.45, 7) is 5.84. The van der Waals surface area contributed by atoms with Crippen LogP contribution in [0.5, 0.6) is 0 Å². The second-order valence-electron chi connectivity index (χ2n) is 6.06. The zero-order valence-corrected chi connectivity index (χ0v) is 11.9. The molecule has 104 valence electrons. The molecule has 3 nitrogen and oxygen atoms in total. The van der Waals surface area contributed by atoms with E-state index in [2.05, 4.69) is 25.2 Å². The molecule has 0 aromatic rings. The van der Waals surface area contributed by atoms with Crippen LogP contribution in [0.15, 0.2) is 11.6 Å². The molecule has 0 aliphatic heterocycles. The van der Waals surface area contributed by atoms with Crippen LogP contribution in [0.2, 0.25) is 0 Å². The summed E-state index contributed by atoms with van der Waals surface area (Å²) in [6, 6.07) is 0. The van der Waals surface area contributed by atoms with Crippen molar-refractivity contribution in [3.63, 3.8) is 0 Å². The van der Waals surface area contributed by atoms with E-state index in [1.165, 1.54) is 24.8 Å². The number of hydrogen-bond acceptors (Lipinski definition) is 2. The van der Waals surface area contributed by atoms with Gasteiger partial charge in [-0.25, -0.2) is 0 Å². The van der Waals surface area contributed by atoms with Gasteiger partial charge in [0.25, 0.3) is 0 Å². The van der Waals surface area contributed by atoms with Crippen molar-refractivity contribution < 1.29 is 4.79 Å². The van der Waals surface area contributed by atoms with Gasteiger partial charge in [0.05, 0.1) is 0 Å². The molecule has 1 aliphatic rings. The minimum atomic E-state index is 0.179. The first-order chi connectivity index (χ1) is 8.53. The van der Waals surface area contributed by atoms with Gasteiger partial charge in [0.1, 0.15) is 0 Å². The number of carbonyl (C=O) groups excluding carboxylic acids is 1. The van der Waals surface area contributed by atoms with Crippen molar-refractivity contribution in [1.29, 1.82) is 0 Å². The fraction of sp³-hybridized carbons (Fsp3) is 0.800. The molecule has 0 atom stereocenters. The lowest BCUT2D eigenvalue weighted by molar-refractivity contribution is -0.121. The molecule has 1 amide bonds. The zero-order chi connectivity index (χ0) is 13.4. The van der Waals surface area contributed by atoms with E-state index in [1.54, 1.807) is 0 Å². The maximum atomic E-state index is 11.7. The third-order valence-electron chi connectivity index (χ3n) is 3.75. The van der Waals surface area contributed by atoms with Gasteiger partial charge < -0.3 is 11.1 Å². The molecule has 18 heavy (non-hydrogen) atoms. The summed E-state index contributed by atoms with van der Waals surface area (Å²) < 4.78 is 0. The number of nitrogens with one attached hydrogen (secondary N) is 1. The van der Waals surface area contributed by atoms with Gasteiger partial charge in [-0.15, -0.1) is 0 Å². The van der Waals surface area contributed by atoms with Crippen LogP contribution in [0.3, 0.4) is 0 Å². The predicted octanol–water partition coefficient (Wildman–Crippen LogP) is 2.76. The molecule has 3 N–H and O–H groups in total. The van der Waals surface area contributed by atoms with Crippen molar-refractivity contribution >= 4 is 5.91 Å². The summed E-state index contributed by atoms with van der Waals surface area (Å²) >= 11 is 0. The molecule has 0 saturated heterocycles. The van der Waals surface area contributed by atoms with Crippen molar-refractivity contribution in [2.45, 2.75) is 58.8 Å². The summed E-state index contributed by atoms with van der Waals surface area (Å²) in [5, 5.41) is 3.01. The number of nitrogens with two attached hydrogens (primary N) is 1. The molecule has 0 saturated carbocycles. The van der Waals surface area contributed by atoms with Crippen molar-refractivity contribution in [3.8, 4) is 0 Å². The molecule has 0 aromatic heterocycles. The zero-order valence-electron chi connectivity index (χ0n) is 11.9. The van der Waals surface area contributed by atoms with Crippen molar-refractivity contribution in [2.24, 2.45) is 11.1 Å². The number of amides is 1. The minimum absolute atomic E-state index is 0.179. The topological polar surface area (TPSA) is 55.1 Å². The Balaban J connectivity index is 2.10. The SMILES string of the molecule is CC(C)(CCN)CCC(=O)NCCC1=CCCC1. The van der Waals surface area contributed by atoms with Gasteiger partial charge in [-0.05, 0) is 50.5 Å². The Labute approximate surface area is 111 Å². The van der Waals surface area contributed by atoms with E-state index in [-0.39, 0.29) is 11.3 Å². The maximum Gasteiger partial charge on any atom is 0.220 e. The largest absolute Gasteiger partial charge is 0.356 e. The van der Waals surface area contributed by atoms with E-state index in [0.717, 1.165) is 25.8 Å². The second-order valence-corrected chi connectivity index (χ2v) is 6.06. The normalized spacial score (nSPS) is 15.6. The lowest BCUT2D eigenvalue weighted by Crippen LogP contribution is -2.27. The monoisotopic (exact) mass is 252 g/mol. The molecule has 1 aliphatic carbocycles. The van der Waals surface area contributed by atoms with E-state index >= 15 is 0 Å². The van der Waals surface area contributed by atoms with Crippen LogP contribution < -0.4 is 11.1 Å². The molecular weight excluding hydrogens is 224 g/mol. The molecule has 3 heteroatoms. The number of hydrogen-bond donors (Lipinski definition) is 2. The fourth-order valence-electron chi connectivity index (χ4n) is 2.38. The van der Waals surface area contributed by atoms with E-state index < -0.39 is 0 Å². The summed E-state index contributed by atoms with van der Waals surface area (Å²) in [4.78, 5) is 11.7. The van der Waals surface area contributed by atoms with Crippen LogP contribution in [-0.4, -0.2) is 19.0 Å². The highest BCUT2D eigenvalue weighted by Crippen LogP contribution is 2.25. The van der Waals surface area contributed by atoms with Crippen LogP contribution in [0.1, 0.15) is 58.8 Å². The van der Waals surface area contributed by atoms with Crippen molar-refractivity contribution in [2.75, 3.05) is 13.1 Å². The average Bonchev–Trinajstić information content (AvgIpc) is 2.79. The van der Waals surface area contributed by atoms with Crippen LogP contribution in [0.4, 0.5) is 0 Å². The highest BCUT2D eigenvalue weighted by molar-refractivity contribution is 5.75. The second kappa shape index (κ2) is 7.57. The molecular formula is C15H28N2O. The van der Waals surface area contributed by atoms with Crippen molar-refractivity contribution in [3.05, 3.63) is 11.6 Å². The first-order valence-electron chi connectivity index (χ1n) is 7.18. The third-order valence-corrected chi connectivity index (χ3v) is 3.75. The third kappa shape index (κ3) is 6.20. The van der Waals surface area contributed by atoms with E-state index in [0.29, 0.717) is 13.0 Å². The Kier molecular flexibility index (Phi) is 6.41. The number of carbonyl (C=O) groups is 1. The standard InChI is InChI=1S/C15H28N2O/c1-15(2,10-11-16)9-7-14(18)17-12-8-13-5-3-4-6-13/h5H,3-4,6-12,16H2,1-2H3,(H,17,18). The molecule has 0 bridgehead atoms. The quantitative estimate of drug-likeness (QED) is 0.653. The molecule has 0 spiro atoms. The van der Waals surface area contributed by atoms with Crippen LogP contribution in [0.25, 0.3) is 0 Å². The molecule has 0 aromatic carbocycles. The predicted molar refractivity (Wildman–Crippen MR) is 76.2 cm³/mol. The van der Waals surface area contributed by atoms with Gasteiger partial charge in [0.15, 0.2) is 0 Å². The number of allylic oxidation sites excluding steroid dienone is 1. The highest BCUT2D eigenvalue weighted by atomic mass is 16.1. The van der Waals surface area contributed by atoms with Gasteiger partial charge in [-0.2, -0.15) is 0 Å². The van der Waals surface area contributed by atoms with Gasteiger partial charge in [-0.3, -0.25) is 4.79 Å². The molecule has 0 fully saturated rings. The lowest BCUT2D eigenvalue weighted by atomic mass is 9.84. The number of rotatable bonds is 8. The first-order valence-corrected chi connectivity index (χ1v) is 7.18. The Morgan fingerprint density at radius 2 is 2.22 bits per heavy atom. The van der Waals surface area contributed by atoms with Crippen LogP contribution in [0, 0.1) is 5.41 Å². The van der Waals surface area contributed by atoms with Gasteiger partial charge in [0, 0.05) is 13.0 Å². The fourth-order valence-corrected chi connectivity index (χ4v) is 2.38. The summed E-state index contributed by atoms with van der Waals surface area (Å²) in [6.07, 6.45) is 9.58. The molecule has 0 radical (unpaired) electrons. The van der Waals surface area contributed by atoms with Crippen LogP contribution >= 0.6 is 0 Å². The summed E-state index contributed by atoms with van der Waals surface area (Å²) in [5.41, 5.74) is 7.26. The van der Waals surface area contributed by atoms with Gasteiger partial charge in [-0.1, -0.05) is 25.5 Å². The molecule has 0 heterocycles. The van der Waals surface area contributed by atoms with Crippen LogP contribution in [-0.2, 0) is 4.79 Å². The smallest absolute Gasteiger partial charge is 0.220 e. The average molecular weight is 252 g/mol. The van der Waals surface area contributed by atoms with Gasteiger partial charge in [0.2, 0.25) is 5.91 Å². The summed E-state index contributed by atoms with van der Waals surface area (Å²) in [7, 11) is 0. The maximum absolute atomic E-state index is 11.7. The highest BCUT2D eigenvalue weighted by Gasteiger charge is 2.18. The van der Waals surface area contributed by atoms with E-state index in [9.17, 15) is 4.79 Å². The Morgan fingerprint density at radius 1 is 1.44 bits per heavy atom. The van der Waals surface area contributed by atoms with Gasteiger partial charge >= 0.3 is 0 Å². The van der Waals surface area contributed by atoms with E-state index in [1.807, 2.05) is 0 Å². The Hall–Kier alpha value is -0.830.